The van der Waals surface area contributed by atoms with Crippen LogP contribution in [0.3, 0.4) is 0 Å². The van der Waals surface area contributed by atoms with E-state index in [0.29, 0.717) is 6.54 Å². The van der Waals surface area contributed by atoms with Crippen molar-refractivity contribution in [3.8, 4) is 0 Å². The van der Waals surface area contributed by atoms with E-state index >= 15 is 0 Å². The summed E-state index contributed by atoms with van der Waals surface area (Å²) in [7, 11) is -3.19. The number of sulfonamides is 1. The van der Waals surface area contributed by atoms with Gasteiger partial charge in [0.2, 0.25) is 10.0 Å². The minimum Gasteiger partial charge on any atom is -0.292 e. The highest BCUT2D eigenvalue weighted by molar-refractivity contribution is 7.88. The van der Waals surface area contributed by atoms with Crippen molar-refractivity contribution in [1.29, 1.82) is 0 Å². The molecule has 0 bridgehead atoms. The highest BCUT2D eigenvalue weighted by Crippen LogP contribution is 2.23. The van der Waals surface area contributed by atoms with Crippen LogP contribution in [-0.2, 0) is 36.1 Å². The first-order chi connectivity index (χ1) is 10.5. The molecule has 2 aromatic heterocycles. The molecule has 1 N–H and O–H groups in total. The molecule has 0 amide bonds. The normalized spacial score (nSPS) is 15.7. The Morgan fingerprint density at radius 2 is 2.27 bits per heavy atom. The van der Waals surface area contributed by atoms with Gasteiger partial charge in [0.1, 0.15) is 5.01 Å². The molecule has 0 unspecified atom stereocenters. The molecule has 0 spiro atoms. The Kier molecular flexibility index (Phi) is 4.53. The molecule has 0 saturated heterocycles. The Balaban J connectivity index is 1.72. The van der Waals surface area contributed by atoms with Crippen LogP contribution in [0.25, 0.3) is 0 Å². The fourth-order valence-electron chi connectivity index (χ4n) is 2.65. The molecule has 3 heterocycles. The van der Waals surface area contributed by atoms with Gasteiger partial charge in [0.05, 0.1) is 12.8 Å². The van der Waals surface area contributed by atoms with Crippen molar-refractivity contribution >= 4 is 21.4 Å². The van der Waals surface area contributed by atoms with Crippen molar-refractivity contribution in [1.82, 2.24) is 19.6 Å². The van der Waals surface area contributed by atoms with Crippen LogP contribution in [0.2, 0.25) is 0 Å². The van der Waals surface area contributed by atoms with Gasteiger partial charge >= 0.3 is 0 Å². The van der Waals surface area contributed by atoms with E-state index < -0.39 is 10.0 Å². The fourth-order valence-corrected chi connectivity index (χ4v) is 3.72. The van der Waals surface area contributed by atoms with Gasteiger partial charge in [-0.25, -0.2) is 18.1 Å². The molecule has 2 aromatic rings. The summed E-state index contributed by atoms with van der Waals surface area (Å²) < 4.78 is 25.1. The molecule has 0 fully saturated rings. The van der Waals surface area contributed by atoms with Crippen LogP contribution in [-0.4, -0.2) is 36.1 Å². The maximum Gasteiger partial charge on any atom is 0.209 e. The minimum atomic E-state index is -3.19. The number of aromatic nitrogens is 2. The zero-order chi connectivity index (χ0) is 15.6. The van der Waals surface area contributed by atoms with E-state index in [9.17, 15) is 8.42 Å². The molecule has 3 rings (SSSR count). The van der Waals surface area contributed by atoms with Crippen molar-refractivity contribution < 1.29 is 8.42 Å². The third-order valence-corrected chi connectivity index (χ3v) is 5.11. The molecule has 1 aliphatic heterocycles. The minimum absolute atomic E-state index is 0.307. The monoisotopic (exact) mass is 338 g/mol. The summed E-state index contributed by atoms with van der Waals surface area (Å²) in [5.74, 6) is 0. The van der Waals surface area contributed by atoms with Crippen LogP contribution in [0.1, 0.15) is 21.7 Å². The van der Waals surface area contributed by atoms with Crippen LogP contribution in [0.4, 0.5) is 0 Å². The molecule has 8 heteroatoms. The molecule has 0 radical (unpaired) electrons. The Labute approximate surface area is 134 Å². The van der Waals surface area contributed by atoms with Gasteiger partial charge < -0.3 is 0 Å². The lowest BCUT2D eigenvalue weighted by Crippen LogP contribution is -2.31. The van der Waals surface area contributed by atoms with Gasteiger partial charge in [-0.2, -0.15) is 0 Å². The molecule has 1 aliphatic rings. The zero-order valence-corrected chi connectivity index (χ0v) is 14.0. The largest absolute Gasteiger partial charge is 0.292 e. The van der Waals surface area contributed by atoms with Gasteiger partial charge in [0.15, 0.2) is 0 Å². The first kappa shape index (κ1) is 15.5. The second kappa shape index (κ2) is 6.41. The molecule has 0 aromatic carbocycles. The summed E-state index contributed by atoms with van der Waals surface area (Å²) >= 11 is 1.67. The lowest BCUT2D eigenvalue weighted by molar-refractivity contribution is 0.244. The second-order valence-electron chi connectivity index (χ2n) is 5.42. The summed E-state index contributed by atoms with van der Waals surface area (Å²) in [5, 5.41) is 3.11. The fraction of sp³-hybridized carbons (Fsp3) is 0.429. The third kappa shape index (κ3) is 3.89. The van der Waals surface area contributed by atoms with Crippen molar-refractivity contribution in [2.45, 2.75) is 26.1 Å². The zero-order valence-electron chi connectivity index (χ0n) is 12.3. The van der Waals surface area contributed by atoms with Gasteiger partial charge in [-0.15, -0.1) is 11.3 Å². The average molecular weight is 338 g/mol. The number of rotatable bonds is 5. The topological polar surface area (TPSA) is 75.2 Å². The SMILES string of the molecule is CS(=O)(=O)NCc1cncc2c1CCN(Cc1nccs1)C2. The quantitative estimate of drug-likeness (QED) is 0.885. The number of thiazole rings is 1. The molecule has 118 valence electrons. The number of fused-ring (bicyclic) bond motifs is 1. The van der Waals surface area contributed by atoms with Gasteiger partial charge in [0.25, 0.3) is 0 Å². The highest BCUT2D eigenvalue weighted by atomic mass is 32.2. The number of hydrogen-bond donors (Lipinski definition) is 1. The van der Waals surface area contributed by atoms with E-state index in [0.717, 1.165) is 36.6 Å². The van der Waals surface area contributed by atoms with Crippen LogP contribution in [0, 0.1) is 0 Å². The standard InChI is InChI=1S/C14H18N4O2S2/c1-22(19,20)17-8-11-6-15-7-12-9-18(4-2-13(11)12)10-14-16-3-5-21-14/h3,5-7,17H,2,4,8-10H2,1H3. The summed E-state index contributed by atoms with van der Waals surface area (Å²) in [4.78, 5) is 10.9. The first-order valence-corrected chi connectivity index (χ1v) is 9.78. The van der Waals surface area contributed by atoms with E-state index in [1.54, 1.807) is 17.5 Å². The lowest BCUT2D eigenvalue weighted by atomic mass is 9.97. The summed E-state index contributed by atoms with van der Waals surface area (Å²) in [6.45, 7) is 2.93. The lowest BCUT2D eigenvalue weighted by Gasteiger charge is -2.29. The van der Waals surface area contributed by atoms with Crippen molar-refractivity contribution in [2.75, 3.05) is 12.8 Å². The molecular formula is C14H18N4O2S2. The highest BCUT2D eigenvalue weighted by Gasteiger charge is 2.20. The van der Waals surface area contributed by atoms with Crippen molar-refractivity contribution in [3.63, 3.8) is 0 Å². The van der Waals surface area contributed by atoms with E-state index in [-0.39, 0.29) is 0 Å². The van der Waals surface area contributed by atoms with E-state index in [1.165, 1.54) is 17.4 Å². The predicted octanol–water partition coefficient (Wildman–Crippen LogP) is 1.15. The molecular weight excluding hydrogens is 320 g/mol. The third-order valence-electron chi connectivity index (χ3n) is 3.68. The summed E-state index contributed by atoms with van der Waals surface area (Å²) in [5.41, 5.74) is 3.37. The van der Waals surface area contributed by atoms with E-state index in [4.69, 9.17) is 0 Å². The van der Waals surface area contributed by atoms with Gasteiger partial charge in [-0.1, -0.05) is 0 Å². The van der Waals surface area contributed by atoms with E-state index in [1.807, 2.05) is 17.8 Å². The average Bonchev–Trinajstić information content (AvgIpc) is 2.97. The number of nitrogens with zero attached hydrogens (tertiary/aromatic N) is 3. The van der Waals surface area contributed by atoms with Crippen LogP contribution >= 0.6 is 11.3 Å². The maximum absolute atomic E-state index is 11.3. The van der Waals surface area contributed by atoms with Crippen molar-refractivity contribution in [2.24, 2.45) is 0 Å². The van der Waals surface area contributed by atoms with Crippen LogP contribution in [0.5, 0.6) is 0 Å². The summed E-state index contributed by atoms with van der Waals surface area (Å²) in [6.07, 6.45) is 7.55. The Hall–Kier alpha value is -1.35. The Bertz CT molecular complexity index is 744. The number of hydrogen-bond acceptors (Lipinski definition) is 6. The molecule has 22 heavy (non-hydrogen) atoms. The number of nitrogens with one attached hydrogen (secondary N) is 1. The first-order valence-electron chi connectivity index (χ1n) is 7.01. The molecule has 0 saturated carbocycles. The van der Waals surface area contributed by atoms with Gasteiger partial charge in [0, 0.05) is 43.6 Å². The molecule has 0 aliphatic carbocycles. The van der Waals surface area contributed by atoms with E-state index in [2.05, 4.69) is 19.6 Å². The van der Waals surface area contributed by atoms with Gasteiger partial charge in [-0.3, -0.25) is 9.88 Å². The molecule has 0 atom stereocenters. The maximum atomic E-state index is 11.3. The van der Waals surface area contributed by atoms with Crippen LogP contribution < -0.4 is 4.72 Å². The van der Waals surface area contributed by atoms with Crippen LogP contribution in [0.15, 0.2) is 24.0 Å². The Morgan fingerprint density at radius 3 is 3.00 bits per heavy atom. The second-order valence-corrected chi connectivity index (χ2v) is 8.23. The Morgan fingerprint density at radius 1 is 1.41 bits per heavy atom. The summed E-state index contributed by atoms with van der Waals surface area (Å²) in [6, 6.07) is 0. The number of pyridine rings is 1. The smallest absolute Gasteiger partial charge is 0.209 e. The predicted molar refractivity (Wildman–Crippen MR) is 85.9 cm³/mol. The molecule has 6 nitrogen and oxygen atoms in total. The van der Waals surface area contributed by atoms with Gasteiger partial charge in [-0.05, 0) is 23.1 Å². The van der Waals surface area contributed by atoms with Crippen molar-refractivity contribution in [3.05, 3.63) is 45.7 Å².